The van der Waals surface area contributed by atoms with Crippen molar-refractivity contribution in [3.05, 3.63) is 0 Å². The van der Waals surface area contributed by atoms with Crippen molar-refractivity contribution in [3.8, 4) is 0 Å². The molecule has 0 N–H and O–H groups in total. The first-order valence-corrected chi connectivity index (χ1v) is 6.95. The highest BCUT2D eigenvalue weighted by atomic mass is 16.6. The van der Waals surface area contributed by atoms with E-state index in [0.29, 0.717) is 19.8 Å². The molecule has 0 aromatic heterocycles. The number of ether oxygens (including phenoxy) is 3. The van der Waals surface area contributed by atoms with Gasteiger partial charge in [-0.05, 0) is 18.8 Å². The molecule has 0 saturated carbocycles. The summed E-state index contributed by atoms with van der Waals surface area (Å²) < 4.78 is 15.4. The number of carbonyl (C=O) groups is 2. The lowest BCUT2D eigenvalue weighted by Crippen LogP contribution is -2.31. The predicted octanol–water partition coefficient (Wildman–Crippen LogP) is 2.32. The average Bonchev–Trinajstić information content (AvgIpc) is 2.38. The Hall–Kier alpha value is -1.10. The van der Waals surface area contributed by atoms with Crippen molar-refractivity contribution in [2.45, 2.75) is 53.1 Å². The summed E-state index contributed by atoms with van der Waals surface area (Å²) in [6, 6.07) is 0. The molecular weight excluding hydrogens is 248 g/mol. The van der Waals surface area contributed by atoms with Gasteiger partial charge in [0, 0.05) is 0 Å². The zero-order valence-electron chi connectivity index (χ0n) is 12.4. The van der Waals surface area contributed by atoms with Gasteiger partial charge < -0.3 is 14.2 Å². The Labute approximate surface area is 115 Å². The maximum atomic E-state index is 11.8. The van der Waals surface area contributed by atoms with Crippen LogP contribution in [0, 0.1) is 5.92 Å². The molecule has 0 amide bonds. The lowest BCUT2D eigenvalue weighted by Gasteiger charge is -2.17. The molecule has 0 aromatic carbocycles. The maximum absolute atomic E-state index is 11.8. The Kier molecular flexibility index (Phi) is 10.2. The molecule has 19 heavy (non-hydrogen) atoms. The monoisotopic (exact) mass is 274 g/mol. The molecule has 1 atom stereocenters. The first-order chi connectivity index (χ1) is 9.01. The Morgan fingerprint density at radius 1 is 1.00 bits per heavy atom. The predicted molar refractivity (Wildman–Crippen MR) is 71.7 cm³/mol. The minimum Gasteiger partial charge on any atom is -0.466 e. The highest BCUT2D eigenvalue weighted by Gasteiger charge is 2.25. The Morgan fingerprint density at radius 2 is 1.58 bits per heavy atom. The van der Waals surface area contributed by atoms with E-state index in [1.54, 1.807) is 0 Å². The number of esters is 2. The van der Waals surface area contributed by atoms with Crippen molar-refractivity contribution in [2.75, 3.05) is 19.8 Å². The van der Waals surface area contributed by atoms with Crippen LogP contribution in [0.5, 0.6) is 0 Å². The van der Waals surface area contributed by atoms with Crippen LogP contribution in [0.15, 0.2) is 0 Å². The van der Waals surface area contributed by atoms with Crippen molar-refractivity contribution in [1.29, 1.82) is 0 Å². The fraction of sp³-hybridized carbons (Fsp3) is 0.857. The smallest absolute Gasteiger partial charge is 0.335 e. The second-order valence-corrected chi connectivity index (χ2v) is 4.81. The number of rotatable bonds is 10. The molecule has 112 valence electrons. The van der Waals surface area contributed by atoms with Gasteiger partial charge in [0.1, 0.15) is 0 Å². The van der Waals surface area contributed by atoms with Gasteiger partial charge in [0.15, 0.2) is 6.10 Å². The van der Waals surface area contributed by atoms with Gasteiger partial charge in [-0.1, -0.05) is 27.7 Å². The van der Waals surface area contributed by atoms with Crippen LogP contribution in [-0.4, -0.2) is 37.9 Å². The van der Waals surface area contributed by atoms with E-state index in [1.807, 2.05) is 27.7 Å². The quantitative estimate of drug-likeness (QED) is 0.572. The summed E-state index contributed by atoms with van der Waals surface area (Å²) in [6.45, 7) is 8.88. The van der Waals surface area contributed by atoms with Crippen molar-refractivity contribution < 1.29 is 23.8 Å². The Balaban J connectivity index is 4.31. The van der Waals surface area contributed by atoms with E-state index in [0.717, 1.165) is 12.8 Å². The summed E-state index contributed by atoms with van der Waals surface area (Å²) in [4.78, 5) is 23.3. The lowest BCUT2D eigenvalue weighted by atomic mass is 10.2. The van der Waals surface area contributed by atoms with E-state index in [1.165, 1.54) is 0 Å². The van der Waals surface area contributed by atoms with Gasteiger partial charge in [0.2, 0.25) is 0 Å². The fourth-order valence-corrected chi connectivity index (χ4v) is 1.24. The molecule has 0 heterocycles. The molecule has 0 saturated heterocycles. The molecule has 0 aromatic rings. The van der Waals surface area contributed by atoms with Crippen molar-refractivity contribution in [1.82, 2.24) is 0 Å². The summed E-state index contributed by atoms with van der Waals surface area (Å²) in [5, 5.41) is 0. The summed E-state index contributed by atoms with van der Waals surface area (Å²) in [6.07, 6.45) is 0.542. The first kappa shape index (κ1) is 17.9. The minimum atomic E-state index is -0.863. The van der Waals surface area contributed by atoms with E-state index in [9.17, 15) is 9.59 Å². The third kappa shape index (κ3) is 9.47. The molecule has 0 rings (SSSR count). The van der Waals surface area contributed by atoms with Gasteiger partial charge in [-0.15, -0.1) is 0 Å². The molecule has 0 bridgehead atoms. The molecule has 0 aliphatic heterocycles. The zero-order chi connectivity index (χ0) is 14.7. The van der Waals surface area contributed by atoms with Crippen molar-refractivity contribution >= 4 is 11.9 Å². The summed E-state index contributed by atoms with van der Waals surface area (Å²) >= 11 is 0. The standard InChI is InChI=1S/C14H26O5/c1-5-7-17-13(15)9-12(19-10-11(3)4)14(16)18-8-6-2/h11-12H,5-10H2,1-4H3. The van der Waals surface area contributed by atoms with E-state index < -0.39 is 18.0 Å². The summed E-state index contributed by atoms with van der Waals surface area (Å²) in [5.74, 6) is -0.631. The highest BCUT2D eigenvalue weighted by Crippen LogP contribution is 2.07. The van der Waals surface area contributed by atoms with Gasteiger partial charge >= 0.3 is 11.9 Å². The summed E-state index contributed by atoms with van der Waals surface area (Å²) in [5.41, 5.74) is 0. The third-order valence-electron chi connectivity index (χ3n) is 2.16. The minimum absolute atomic E-state index is 0.0880. The third-order valence-corrected chi connectivity index (χ3v) is 2.16. The van der Waals surface area contributed by atoms with E-state index >= 15 is 0 Å². The molecule has 0 fully saturated rings. The van der Waals surface area contributed by atoms with Crippen LogP contribution in [0.25, 0.3) is 0 Å². The normalized spacial score (nSPS) is 12.3. The molecule has 5 heteroatoms. The number of hydrogen-bond donors (Lipinski definition) is 0. The van der Waals surface area contributed by atoms with Crippen molar-refractivity contribution in [3.63, 3.8) is 0 Å². The lowest BCUT2D eigenvalue weighted by molar-refractivity contribution is -0.164. The van der Waals surface area contributed by atoms with Crippen LogP contribution in [0.3, 0.4) is 0 Å². The van der Waals surface area contributed by atoms with Crippen LogP contribution >= 0.6 is 0 Å². The largest absolute Gasteiger partial charge is 0.466 e. The molecule has 5 nitrogen and oxygen atoms in total. The second-order valence-electron chi connectivity index (χ2n) is 4.81. The Bertz CT molecular complexity index is 263. The topological polar surface area (TPSA) is 61.8 Å². The van der Waals surface area contributed by atoms with Crippen LogP contribution < -0.4 is 0 Å². The van der Waals surface area contributed by atoms with E-state index in [2.05, 4.69) is 0 Å². The number of carbonyl (C=O) groups excluding carboxylic acids is 2. The maximum Gasteiger partial charge on any atom is 0.335 e. The SMILES string of the molecule is CCCOC(=O)CC(OCC(C)C)C(=O)OCCC. The molecular formula is C14H26O5. The summed E-state index contributed by atoms with van der Waals surface area (Å²) in [7, 11) is 0. The molecule has 0 radical (unpaired) electrons. The van der Waals surface area contributed by atoms with Gasteiger partial charge in [0.25, 0.3) is 0 Å². The molecule has 0 spiro atoms. The molecule has 1 unspecified atom stereocenters. The van der Waals surface area contributed by atoms with E-state index in [-0.39, 0.29) is 12.3 Å². The highest BCUT2D eigenvalue weighted by molar-refractivity contribution is 5.81. The van der Waals surface area contributed by atoms with Gasteiger partial charge in [-0.2, -0.15) is 0 Å². The Morgan fingerprint density at radius 3 is 2.11 bits per heavy atom. The van der Waals surface area contributed by atoms with Crippen LogP contribution in [-0.2, 0) is 23.8 Å². The van der Waals surface area contributed by atoms with Gasteiger partial charge in [-0.25, -0.2) is 4.79 Å². The molecule has 0 aliphatic rings. The second kappa shape index (κ2) is 10.8. The van der Waals surface area contributed by atoms with Gasteiger partial charge in [-0.3, -0.25) is 4.79 Å². The van der Waals surface area contributed by atoms with Crippen molar-refractivity contribution in [2.24, 2.45) is 5.92 Å². The first-order valence-electron chi connectivity index (χ1n) is 6.95. The molecule has 0 aliphatic carbocycles. The average molecular weight is 274 g/mol. The van der Waals surface area contributed by atoms with Crippen LogP contribution in [0.4, 0.5) is 0 Å². The van der Waals surface area contributed by atoms with Gasteiger partial charge in [0.05, 0.1) is 26.2 Å². The van der Waals surface area contributed by atoms with Crippen LogP contribution in [0.1, 0.15) is 47.0 Å². The zero-order valence-corrected chi connectivity index (χ0v) is 12.4. The fourth-order valence-electron chi connectivity index (χ4n) is 1.24. The van der Waals surface area contributed by atoms with Crippen LogP contribution in [0.2, 0.25) is 0 Å². The number of hydrogen-bond acceptors (Lipinski definition) is 5. The van der Waals surface area contributed by atoms with E-state index in [4.69, 9.17) is 14.2 Å².